The zero-order valence-electron chi connectivity index (χ0n) is 40.8. The average Bonchev–Trinajstić information content (AvgIpc) is 3.28. The number of aliphatic carboxylic acids is 2. The van der Waals surface area contributed by atoms with Crippen LogP contribution in [0.5, 0.6) is 5.75 Å². The number of nitrogens with two attached hydrogens (primary N) is 1. The topological polar surface area (TPSA) is 290 Å². The van der Waals surface area contributed by atoms with E-state index in [1.165, 1.54) is 31.4 Å². The Labute approximate surface area is 403 Å². The standard InChI is InChI=1S/C50H83N5O13/c1-37(2)32-41(58)34-53-42(45(59)35-54-44(49(51)64)33-38-22-24-40(57)25-23-38)19-15-16-28-52-47(61)36-68-31-30-67-29-17-18-39(56)26-27-43(50(65)66)55-46(60)20-13-11-9-7-5-3-4-6-8-10-12-14-21-48(62)63/h22-25,37,42-44,53-54,57H,3-21,26-36H2,1-2H3,(H2,51,64)(H,52,61)(H,55,60)(H,62,63)(H,65,66)/t42-,43-,44-/m0/s1. The van der Waals surface area contributed by atoms with Crippen LogP contribution < -0.4 is 27.0 Å². The highest BCUT2D eigenvalue weighted by atomic mass is 16.5. The summed E-state index contributed by atoms with van der Waals surface area (Å²) in [5.41, 5.74) is 6.34. The van der Waals surface area contributed by atoms with Gasteiger partial charge in [-0.05, 0) is 75.0 Å². The number of benzene rings is 1. The van der Waals surface area contributed by atoms with Gasteiger partial charge in [-0.15, -0.1) is 0 Å². The molecule has 0 heterocycles. The molecule has 0 bridgehead atoms. The molecule has 0 aliphatic rings. The van der Waals surface area contributed by atoms with E-state index >= 15 is 0 Å². The van der Waals surface area contributed by atoms with Crippen LogP contribution in [0, 0.1) is 5.92 Å². The van der Waals surface area contributed by atoms with E-state index in [0.29, 0.717) is 45.1 Å². The van der Waals surface area contributed by atoms with Crippen molar-refractivity contribution in [3.8, 4) is 5.75 Å². The number of carboxylic acids is 2. The van der Waals surface area contributed by atoms with Crippen LogP contribution in [0.15, 0.2) is 24.3 Å². The van der Waals surface area contributed by atoms with Crippen LogP contribution in [-0.2, 0) is 54.3 Å². The van der Waals surface area contributed by atoms with E-state index in [1.807, 2.05) is 13.8 Å². The number of hydrogen-bond acceptors (Lipinski definition) is 13. The van der Waals surface area contributed by atoms with Crippen molar-refractivity contribution < 1.29 is 63.1 Å². The lowest BCUT2D eigenvalue weighted by molar-refractivity contribution is -0.142. The number of primary amides is 1. The highest BCUT2D eigenvalue weighted by molar-refractivity contribution is 5.88. The van der Waals surface area contributed by atoms with E-state index in [2.05, 4.69) is 21.3 Å². The van der Waals surface area contributed by atoms with Crippen LogP contribution in [0.4, 0.5) is 0 Å². The fourth-order valence-electron chi connectivity index (χ4n) is 7.42. The molecular weight excluding hydrogens is 879 g/mol. The Balaban J connectivity index is 2.19. The summed E-state index contributed by atoms with van der Waals surface area (Å²) in [6.07, 6.45) is 15.6. The van der Waals surface area contributed by atoms with Crippen LogP contribution in [0.1, 0.15) is 161 Å². The summed E-state index contributed by atoms with van der Waals surface area (Å²) in [5, 5.41) is 39.1. The Kier molecular flexibility index (Phi) is 35.2. The number of rotatable bonds is 46. The molecule has 0 unspecified atom stereocenters. The van der Waals surface area contributed by atoms with E-state index in [0.717, 1.165) is 56.9 Å². The summed E-state index contributed by atoms with van der Waals surface area (Å²) in [6.45, 7) is 4.58. The molecule has 1 aromatic rings. The number of hydrogen-bond donors (Lipinski definition) is 8. The third-order valence-corrected chi connectivity index (χ3v) is 11.3. The van der Waals surface area contributed by atoms with Gasteiger partial charge in [0.1, 0.15) is 30.0 Å². The van der Waals surface area contributed by atoms with Crippen molar-refractivity contribution in [3.63, 3.8) is 0 Å². The number of unbranched alkanes of at least 4 members (excludes halogenated alkanes) is 12. The van der Waals surface area contributed by atoms with E-state index in [9.17, 15) is 48.6 Å². The highest BCUT2D eigenvalue weighted by Gasteiger charge is 2.23. The predicted octanol–water partition coefficient (Wildman–Crippen LogP) is 5.09. The van der Waals surface area contributed by atoms with Gasteiger partial charge < -0.3 is 46.5 Å². The van der Waals surface area contributed by atoms with Gasteiger partial charge in [-0.25, -0.2) is 4.79 Å². The number of carbonyl (C=O) groups is 8. The van der Waals surface area contributed by atoms with E-state index in [4.69, 9.17) is 20.3 Å². The predicted molar refractivity (Wildman–Crippen MR) is 258 cm³/mol. The molecule has 0 spiro atoms. The number of phenols is 1. The van der Waals surface area contributed by atoms with Crippen molar-refractivity contribution in [1.29, 1.82) is 0 Å². The Morgan fingerprint density at radius 3 is 1.76 bits per heavy atom. The zero-order chi connectivity index (χ0) is 50.4. The lowest BCUT2D eigenvalue weighted by Gasteiger charge is -2.20. The maximum Gasteiger partial charge on any atom is 0.326 e. The number of phenolic OH excluding ortho intramolecular Hbond substituents is 1. The molecule has 0 fully saturated rings. The van der Waals surface area contributed by atoms with Gasteiger partial charge in [-0.1, -0.05) is 90.2 Å². The average molecular weight is 962 g/mol. The third kappa shape index (κ3) is 34.5. The number of ketones is 3. The molecule has 0 aliphatic heterocycles. The molecule has 9 N–H and O–H groups in total. The molecule has 1 rings (SSSR count). The molecule has 0 saturated carbocycles. The Morgan fingerprint density at radius 2 is 1.18 bits per heavy atom. The van der Waals surface area contributed by atoms with Gasteiger partial charge in [0.05, 0.1) is 38.4 Å². The summed E-state index contributed by atoms with van der Waals surface area (Å²) in [5.74, 6) is -3.29. The maximum atomic E-state index is 13.3. The second-order valence-electron chi connectivity index (χ2n) is 18.0. The molecule has 0 radical (unpaired) electrons. The van der Waals surface area contributed by atoms with Crippen molar-refractivity contribution >= 4 is 47.0 Å². The molecule has 1 aromatic carbocycles. The van der Waals surface area contributed by atoms with Crippen LogP contribution in [0.3, 0.4) is 0 Å². The van der Waals surface area contributed by atoms with Crippen LogP contribution in [0.2, 0.25) is 0 Å². The minimum absolute atomic E-state index is 0.0134. The van der Waals surface area contributed by atoms with E-state index < -0.39 is 36.0 Å². The van der Waals surface area contributed by atoms with E-state index in [-0.39, 0.29) is 119 Å². The number of carbonyl (C=O) groups excluding carboxylic acids is 6. The molecule has 18 nitrogen and oxygen atoms in total. The molecular formula is C50H83N5O13. The van der Waals surface area contributed by atoms with Crippen LogP contribution >= 0.6 is 0 Å². The van der Waals surface area contributed by atoms with Crippen molar-refractivity contribution in [2.75, 3.05) is 46.1 Å². The van der Waals surface area contributed by atoms with Crippen molar-refractivity contribution in [2.24, 2.45) is 11.7 Å². The molecule has 18 heteroatoms. The molecule has 0 saturated heterocycles. The molecule has 0 aromatic heterocycles. The quantitative estimate of drug-likeness (QED) is 0.0395. The fourth-order valence-corrected chi connectivity index (χ4v) is 7.42. The monoisotopic (exact) mass is 962 g/mol. The van der Waals surface area contributed by atoms with Crippen molar-refractivity contribution in [3.05, 3.63) is 29.8 Å². The second-order valence-corrected chi connectivity index (χ2v) is 18.0. The highest BCUT2D eigenvalue weighted by Crippen LogP contribution is 2.14. The fraction of sp³-hybridized carbons (Fsp3) is 0.720. The zero-order valence-corrected chi connectivity index (χ0v) is 40.8. The summed E-state index contributed by atoms with van der Waals surface area (Å²) in [7, 11) is 0. The number of Topliss-reactive ketones (excluding diaryl/α,β-unsaturated/α-hetero) is 3. The maximum absolute atomic E-state index is 13.3. The summed E-state index contributed by atoms with van der Waals surface area (Å²) >= 11 is 0. The Bertz CT molecular complexity index is 1620. The molecule has 68 heavy (non-hydrogen) atoms. The Hall–Kier alpha value is -4.78. The van der Waals surface area contributed by atoms with E-state index in [1.54, 1.807) is 12.1 Å². The minimum Gasteiger partial charge on any atom is -0.508 e. The van der Waals surface area contributed by atoms with Gasteiger partial charge in [0, 0.05) is 45.3 Å². The SMILES string of the molecule is CC(C)CC(=O)CN[C@@H](CCCCNC(=O)COCCOCCCC(=O)CC[C@H](NC(=O)CCCCCCCCCCCCCCC(=O)O)C(=O)O)C(=O)CN[C@@H](Cc1ccc(O)cc1)C(N)=O. The van der Waals surface area contributed by atoms with Crippen LogP contribution in [-0.4, -0.2) is 127 Å². The van der Waals surface area contributed by atoms with Gasteiger partial charge >= 0.3 is 11.9 Å². The normalized spacial score (nSPS) is 12.6. The number of ether oxygens (including phenoxy) is 2. The number of aromatic hydroxyl groups is 1. The third-order valence-electron chi connectivity index (χ3n) is 11.3. The largest absolute Gasteiger partial charge is 0.508 e. The first-order valence-corrected chi connectivity index (χ1v) is 24.8. The van der Waals surface area contributed by atoms with Crippen molar-refractivity contribution in [2.45, 2.75) is 180 Å². The smallest absolute Gasteiger partial charge is 0.326 e. The first-order chi connectivity index (χ1) is 32.6. The molecule has 386 valence electrons. The Morgan fingerprint density at radius 1 is 0.588 bits per heavy atom. The molecule has 3 amide bonds. The van der Waals surface area contributed by atoms with Gasteiger partial charge in [-0.3, -0.25) is 38.9 Å². The number of carboxylic acid groups (broad SMARTS) is 2. The van der Waals surface area contributed by atoms with Gasteiger partial charge in [-0.2, -0.15) is 0 Å². The summed E-state index contributed by atoms with van der Waals surface area (Å²) < 4.78 is 10.9. The van der Waals surface area contributed by atoms with Gasteiger partial charge in [0.2, 0.25) is 17.7 Å². The van der Waals surface area contributed by atoms with Crippen LogP contribution in [0.25, 0.3) is 0 Å². The first-order valence-electron chi connectivity index (χ1n) is 24.8. The minimum atomic E-state index is -1.17. The second kappa shape index (κ2) is 39.1. The summed E-state index contributed by atoms with van der Waals surface area (Å²) in [4.78, 5) is 97.1. The van der Waals surface area contributed by atoms with Crippen molar-refractivity contribution in [1.82, 2.24) is 21.3 Å². The van der Waals surface area contributed by atoms with Gasteiger partial charge in [0.15, 0.2) is 5.78 Å². The lowest BCUT2D eigenvalue weighted by atomic mass is 10.0. The molecule has 0 aliphatic carbocycles. The first kappa shape index (κ1) is 61.2. The lowest BCUT2D eigenvalue weighted by Crippen LogP contribution is -2.49. The molecule has 3 atom stereocenters. The number of nitrogens with one attached hydrogen (secondary N) is 4. The van der Waals surface area contributed by atoms with Gasteiger partial charge in [0.25, 0.3) is 0 Å². The number of amides is 3. The summed E-state index contributed by atoms with van der Waals surface area (Å²) in [6, 6.07) is 3.73.